The van der Waals surface area contributed by atoms with Crippen LogP contribution in [0, 0.1) is 5.82 Å². The van der Waals surface area contributed by atoms with E-state index in [0.717, 1.165) is 50.2 Å². The largest absolute Gasteiger partial charge is 0.482 e. The third-order valence-electron chi connectivity index (χ3n) is 6.83. The Hall–Kier alpha value is -3.08. The first-order chi connectivity index (χ1) is 19.4. The maximum absolute atomic E-state index is 14.0. The van der Waals surface area contributed by atoms with E-state index in [1.54, 1.807) is 19.2 Å². The fourth-order valence-electron chi connectivity index (χ4n) is 4.76. The molecule has 0 saturated carbocycles. The van der Waals surface area contributed by atoms with Crippen molar-refractivity contribution in [3.8, 4) is 17.0 Å². The minimum atomic E-state index is -0.666. The number of aromatic nitrogens is 3. The lowest BCUT2D eigenvalue weighted by molar-refractivity contribution is 0.0525. The highest BCUT2D eigenvalue weighted by molar-refractivity contribution is 6.36. The molecule has 0 radical (unpaired) electrons. The van der Waals surface area contributed by atoms with Crippen molar-refractivity contribution in [2.24, 2.45) is 0 Å². The minimum Gasteiger partial charge on any atom is -0.482 e. The number of halogens is 3. The Morgan fingerprint density at radius 1 is 1.24 bits per heavy atom. The number of nitrogens with one attached hydrogen (secondary N) is 1. The van der Waals surface area contributed by atoms with Gasteiger partial charge in [-0.25, -0.2) is 14.2 Å². The Kier molecular flexibility index (Phi) is 9.99. The van der Waals surface area contributed by atoms with Crippen molar-refractivity contribution < 1.29 is 18.7 Å². The first kappa shape index (κ1) is 30.9. The van der Waals surface area contributed by atoms with Gasteiger partial charge in [-0.1, -0.05) is 23.2 Å². The van der Waals surface area contributed by atoms with Crippen LogP contribution in [0.4, 0.5) is 15.0 Å². The van der Waals surface area contributed by atoms with Gasteiger partial charge in [-0.15, -0.1) is 0 Å². The number of carbonyl (C=O) groups is 1. The fraction of sp³-hybridized carbons (Fsp3) is 0.483. The standard InChI is InChI=1S/C29H37Cl2FN6O3/c1-18(25-21(30)6-7-22(32)26(25)31)40-24-16-19(17-35-27(24)33)23-10-15-38(36-23)20-8-13-37(14-9-20)12-5-11-34-28(39)41-29(2,3)4/h6-7,10,15-18,20H,5,8-9,11-14H2,1-4H3,(H2,33,35)(H,34,39)/t18-/m0/s1. The van der Waals surface area contributed by atoms with Gasteiger partial charge in [-0.2, -0.15) is 5.10 Å². The molecule has 0 aliphatic carbocycles. The molecule has 9 nitrogen and oxygen atoms in total. The van der Waals surface area contributed by atoms with Gasteiger partial charge in [0.15, 0.2) is 11.6 Å². The molecule has 1 aromatic carbocycles. The van der Waals surface area contributed by atoms with Crippen LogP contribution in [0.1, 0.15) is 64.7 Å². The number of alkyl carbamates (subject to hydrolysis) is 1. The molecule has 1 saturated heterocycles. The maximum Gasteiger partial charge on any atom is 0.407 e. The predicted molar refractivity (Wildman–Crippen MR) is 159 cm³/mol. The van der Waals surface area contributed by atoms with E-state index >= 15 is 0 Å². The normalized spacial score (nSPS) is 15.5. The second kappa shape index (κ2) is 13.3. The summed E-state index contributed by atoms with van der Waals surface area (Å²) in [5, 5.41) is 7.84. The summed E-state index contributed by atoms with van der Waals surface area (Å²) in [4.78, 5) is 18.5. The number of hydrogen-bond donors (Lipinski definition) is 2. The number of nitrogens with two attached hydrogens (primary N) is 1. The second-order valence-electron chi connectivity index (χ2n) is 11.2. The molecule has 1 amide bonds. The first-order valence-electron chi connectivity index (χ1n) is 13.7. The fourth-order valence-corrected chi connectivity index (χ4v) is 5.44. The van der Waals surface area contributed by atoms with E-state index in [1.165, 1.54) is 12.1 Å². The van der Waals surface area contributed by atoms with Gasteiger partial charge in [0.05, 0.1) is 16.8 Å². The average Bonchev–Trinajstić information content (AvgIpc) is 3.40. The Balaban J connectivity index is 1.31. The van der Waals surface area contributed by atoms with Crippen LogP contribution in [0.3, 0.4) is 0 Å². The molecule has 4 rings (SSSR count). The van der Waals surface area contributed by atoms with Crippen molar-refractivity contribution in [2.45, 2.75) is 64.7 Å². The lowest BCUT2D eigenvalue weighted by atomic mass is 10.1. The summed E-state index contributed by atoms with van der Waals surface area (Å²) in [6.45, 7) is 10.7. The number of hydrogen-bond acceptors (Lipinski definition) is 7. The molecule has 0 unspecified atom stereocenters. The maximum atomic E-state index is 14.0. The zero-order valence-corrected chi connectivity index (χ0v) is 25.3. The number of benzene rings is 1. The zero-order chi connectivity index (χ0) is 29.7. The molecule has 2 aromatic heterocycles. The van der Waals surface area contributed by atoms with Crippen LogP contribution in [0.5, 0.6) is 5.75 Å². The van der Waals surface area contributed by atoms with Gasteiger partial charge in [0, 0.05) is 48.2 Å². The Morgan fingerprint density at radius 2 is 1.98 bits per heavy atom. The molecule has 0 spiro atoms. The van der Waals surface area contributed by atoms with Crippen LogP contribution < -0.4 is 15.8 Å². The summed E-state index contributed by atoms with van der Waals surface area (Å²) < 4.78 is 27.3. The van der Waals surface area contributed by atoms with Crippen LogP contribution in [-0.2, 0) is 4.74 Å². The third-order valence-corrected chi connectivity index (χ3v) is 7.54. The molecule has 222 valence electrons. The molecule has 1 aliphatic rings. The van der Waals surface area contributed by atoms with E-state index < -0.39 is 17.5 Å². The number of ether oxygens (including phenoxy) is 2. The number of nitrogens with zero attached hydrogens (tertiary/aromatic N) is 4. The zero-order valence-electron chi connectivity index (χ0n) is 23.8. The lowest BCUT2D eigenvalue weighted by Crippen LogP contribution is -2.37. The summed E-state index contributed by atoms with van der Waals surface area (Å²) in [6.07, 6.45) is 5.39. The summed E-state index contributed by atoms with van der Waals surface area (Å²) in [7, 11) is 0. The number of piperidine rings is 1. The van der Waals surface area contributed by atoms with Gasteiger partial charge >= 0.3 is 6.09 Å². The molecule has 1 aliphatic heterocycles. The summed E-state index contributed by atoms with van der Waals surface area (Å²) in [5.74, 6) is -0.0549. The van der Waals surface area contributed by atoms with Crippen LogP contribution in [-0.4, -0.2) is 57.5 Å². The van der Waals surface area contributed by atoms with Crippen molar-refractivity contribution in [1.82, 2.24) is 25.0 Å². The number of carbonyl (C=O) groups excluding carboxylic acids is 1. The molecular formula is C29H37Cl2FN6O3. The van der Waals surface area contributed by atoms with Crippen LogP contribution >= 0.6 is 23.2 Å². The Morgan fingerprint density at radius 3 is 2.68 bits per heavy atom. The van der Waals surface area contributed by atoms with Crippen molar-refractivity contribution in [3.63, 3.8) is 0 Å². The van der Waals surface area contributed by atoms with Gasteiger partial charge in [0.25, 0.3) is 0 Å². The summed E-state index contributed by atoms with van der Waals surface area (Å²) >= 11 is 12.4. The Labute approximate surface area is 250 Å². The van der Waals surface area contributed by atoms with Crippen molar-refractivity contribution in [2.75, 3.05) is 31.9 Å². The van der Waals surface area contributed by atoms with E-state index in [1.807, 2.05) is 37.7 Å². The van der Waals surface area contributed by atoms with Gasteiger partial charge < -0.3 is 25.4 Å². The smallest absolute Gasteiger partial charge is 0.407 e. The molecule has 3 heterocycles. The van der Waals surface area contributed by atoms with E-state index in [-0.39, 0.29) is 23.0 Å². The van der Waals surface area contributed by atoms with E-state index in [9.17, 15) is 9.18 Å². The summed E-state index contributed by atoms with van der Waals surface area (Å²) in [6, 6.07) is 6.65. The van der Waals surface area contributed by atoms with Crippen molar-refractivity contribution in [3.05, 3.63) is 58.1 Å². The number of amides is 1. The summed E-state index contributed by atoms with van der Waals surface area (Å²) in [5.41, 5.74) is 7.42. The monoisotopic (exact) mass is 606 g/mol. The number of rotatable bonds is 9. The molecule has 0 bridgehead atoms. The van der Waals surface area contributed by atoms with Gasteiger partial charge in [-0.05, 0) is 77.8 Å². The van der Waals surface area contributed by atoms with Crippen LogP contribution in [0.15, 0.2) is 36.7 Å². The molecule has 3 aromatic rings. The highest BCUT2D eigenvalue weighted by Gasteiger charge is 2.23. The van der Waals surface area contributed by atoms with E-state index in [0.29, 0.717) is 22.9 Å². The van der Waals surface area contributed by atoms with E-state index in [4.69, 9.17) is 43.5 Å². The van der Waals surface area contributed by atoms with Crippen LogP contribution in [0.2, 0.25) is 10.0 Å². The quantitative estimate of drug-likeness (QED) is 0.207. The van der Waals surface area contributed by atoms with Gasteiger partial charge in [-0.3, -0.25) is 4.68 Å². The topological polar surface area (TPSA) is 108 Å². The molecule has 41 heavy (non-hydrogen) atoms. The third kappa shape index (κ3) is 8.24. The number of pyridine rings is 1. The number of nitrogen functional groups attached to an aromatic ring is 1. The number of likely N-dealkylation sites (tertiary alicyclic amines) is 1. The minimum absolute atomic E-state index is 0.0880. The lowest BCUT2D eigenvalue weighted by Gasteiger charge is -2.32. The Bertz CT molecular complexity index is 1350. The first-order valence-corrected chi connectivity index (χ1v) is 14.5. The molecule has 1 atom stereocenters. The number of anilines is 1. The van der Waals surface area contributed by atoms with E-state index in [2.05, 4.69) is 15.2 Å². The van der Waals surface area contributed by atoms with Gasteiger partial charge in [0.1, 0.15) is 17.5 Å². The molecule has 3 N–H and O–H groups in total. The highest BCUT2D eigenvalue weighted by Crippen LogP contribution is 2.37. The van der Waals surface area contributed by atoms with Crippen LogP contribution in [0.25, 0.3) is 11.3 Å². The SMILES string of the molecule is C[C@H](Oc1cc(-c2ccn(C3CCN(CCCNC(=O)OC(C)(C)C)CC3)n2)cnc1N)c1c(Cl)ccc(F)c1Cl. The second-order valence-corrected chi connectivity index (χ2v) is 11.9. The average molecular weight is 608 g/mol. The van der Waals surface area contributed by atoms with Crippen molar-refractivity contribution >= 4 is 35.1 Å². The molecule has 1 fully saturated rings. The van der Waals surface area contributed by atoms with Gasteiger partial charge in [0.2, 0.25) is 0 Å². The predicted octanol–water partition coefficient (Wildman–Crippen LogP) is 6.66. The highest BCUT2D eigenvalue weighted by atomic mass is 35.5. The van der Waals surface area contributed by atoms with Crippen molar-refractivity contribution in [1.29, 1.82) is 0 Å². The molecular weight excluding hydrogens is 570 g/mol. The molecule has 12 heteroatoms.